The van der Waals surface area contributed by atoms with Crippen LogP contribution in [0.25, 0.3) is 22.0 Å². The fourth-order valence-electron chi connectivity index (χ4n) is 3.86. The highest BCUT2D eigenvalue weighted by Crippen LogP contribution is 2.39. The molecule has 4 rings (SSSR count). The third kappa shape index (κ3) is 4.88. The quantitative estimate of drug-likeness (QED) is 0.313. The zero-order valence-electron chi connectivity index (χ0n) is 18.2. The molecule has 1 heterocycles. The average molecular weight is 465 g/mol. The van der Waals surface area contributed by atoms with Crippen LogP contribution in [-0.4, -0.2) is 44.5 Å². The van der Waals surface area contributed by atoms with E-state index in [1.54, 1.807) is 24.4 Å². The Morgan fingerprint density at radius 2 is 1.82 bits per heavy atom. The van der Waals surface area contributed by atoms with Crippen molar-refractivity contribution in [2.75, 3.05) is 25.7 Å². The van der Waals surface area contributed by atoms with E-state index in [1.165, 1.54) is 12.1 Å². The van der Waals surface area contributed by atoms with Gasteiger partial charge in [-0.3, -0.25) is 14.1 Å². The summed E-state index contributed by atoms with van der Waals surface area (Å²) in [5.74, 6) is -1.35. The molecule has 0 fully saturated rings. The van der Waals surface area contributed by atoms with Gasteiger partial charge in [-0.2, -0.15) is 0 Å². The standard InChI is InChI=1S/C25H24FN3O3S/c1-28(2)16-29(19-7-4-3-5-8-19)24-18(15-33(31)32)14-27-23-12-11-17(13-21(23)24)20-9-6-10-22(26)25(20)30/h3-14,30H,15-16H2,1-2H3,(H,31,32)/p-1. The minimum Gasteiger partial charge on any atom is -0.772 e. The summed E-state index contributed by atoms with van der Waals surface area (Å²) >= 11 is -2.32. The molecule has 3 aromatic carbocycles. The maximum absolute atomic E-state index is 14.0. The van der Waals surface area contributed by atoms with Gasteiger partial charge in [0.15, 0.2) is 11.6 Å². The van der Waals surface area contributed by atoms with Gasteiger partial charge in [0, 0.05) is 34.2 Å². The number of pyridine rings is 1. The number of halogens is 1. The van der Waals surface area contributed by atoms with Crippen LogP contribution in [-0.2, 0) is 16.8 Å². The third-order valence-electron chi connectivity index (χ3n) is 5.25. The van der Waals surface area contributed by atoms with Crippen molar-refractivity contribution < 1.29 is 18.3 Å². The predicted molar refractivity (Wildman–Crippen MR) is 129 cm³/mol. The second-order valence-electron chi connectivity index (χ2n) is 7.93. The van der Waals surface area contributed by atoms with Gasteiger partial charge in [-0.15, -0.1) is 0 Å². The average Bonchev–Trinajstić information content (AvgIpc) is 2.79. The number of anilines is 2. The van der Waals surface area contributed by atoms with Gasteiger partial charge in [-0.05, 0) is 50.0 Å². The number of aromatic nitrogens is 1. The Labute approximate surface area is 194 Å². The van der Waals surface area contributed by atoms with E-state index in [0.29, 0.717) is 39.9 Å². The first-order valence-corrected chi connectivity index (χ1v) is 11.5. The molecule has 0 bridgehead atoms. The Morgan fingerprint density at radius 3 is 2.52 bits per heavy atom. The molecule has 1 N–H and O–H groups in total. The molecule has 1 atom stereocenters. The lowest BCUT2D eigenvalue weighted by Gasteiger charge is -2.31. The topological polar surface area (TPSA) is 79.7 Å². The molecule has 1 unspecified atom stereocenters. The molecule has 0 aliphatic rings. The molecule has 0 radical (unpaired) electrons. The van der Waals surface area contributed by atoms with E-state index in [2.05, 4.69) is 4.98 Å². The molecular weight excluding hydrogens is 441 g/mol. The third-order valence-corrected chi connectivity index (χ3v) is 5.80. The van der Waals surface area contributed by atoms with Crippen molar-refractivity contribution in [1.29, 1.82) is 0 Å². The van der Waals surface area contributed by atoms with Gasteiger partial charge in [-0.25, -0.2) is 4.39 Å². The molecule has 8 heteroatoms. The number of phenols is 1. The molecule has 0 aliphatic carbocycles. The van der Waals surface area contributed by atoms with Crippen molar-refractivity contribution in [3.05, 3.63) is 84.3 Å². The summed E-state index contributed by atoms with van der Waals surface area (Å²) in [5, 5.41) is 11.0. The highest BCUT2D eigenvalue weighted by atomic mass is 32.2. The Morgan fingerprint density at radius 1 is 1.06 bits per heavy atom. The van der Waals surface area contributed by atoms with Crippen LogP contribution in [0.3, 0.4) is 0 Å². The fourth-order valence-corrected chi connectivity index (χ4v) is 4.32. The van der Waals surface area contributed by atoms with Crippen molar-refractivity contribution >= 4 is 33.4 Å². The molecule has 0 saturated carbocycles. The molecule has 0 spiro atoms. The summed E-state index contributed by atoms with van der Waals surface area (Å²) in [4.78, 5) is 8.49. The van der Waals surface area contributed by atoms with E-state index in [4.69, 9.17) is 0 Å². The number of nitrogens with zero attached hydrogens (tertiary/aromatic N) is 3. The fraction of sp³-hybridized carbons (Fsp3) is 0.160. The zero-order chi connectivity index (χ0) is 23.5. The van der Waals surface area contributed by atoms with Crippen LogP contribution in [0.5, 0.6) is 5.75 Å². The van der Waals surface area contributed by atoms with Gasteiger partial charge in [0.25, 0.3) is 0 Å². The molecule has 6 nitrogen and oxygen atoms in total. The zero-order valence-corrected chi connectivity index (χ0v) is 19.1. The van der Waals surface area contributed by atoms with Gasteiger partial charge < -0.3 is 14.6 Å². The van der Waals surface area contributed by atoms with E-state index in [9.17, 15) is 18.3 Å². The molecule has 33 heavy (non-hydrogen) atoms. The van der Waals surface area contributed by atoms with Gasteiger partial charge in [0.05, 0.1) is 17.9 Å². The van der Waals surface area contributed by atoms with Gasteiger partial charge >= 0.3 is 0 Å². The first-order valence-electron chi connectivity index (χ1n) is 10.3. The normalized spacial score (nSPS) is 12.3. The molecular formula is C25H23FN3O3S-. The largest absolute Gasteiger partial charge is 0.772 e. The maximum Gasteiger partial charge on any atom is 0.165 e. The summed E-state index contributed by atoms with van der Waals surface area (Å²) in [5.41, 5.74) is 3.73. The number of hydrogen-bond acceptors (Lipinski definition) is 6. The molecule has 0 amide bonds. The van der Waals surface area contributed by atoms with Crippen molar-refractivity contribution in [2.24, 2.45) is 0 Å². The number of benzene rings is 3. The Kier molecular flexibility index (Phi) is 6.69. The van der Waals surface area contributed by atoms with Crippen LogP contribution in [0.1, 0.15) is 5.56 Å². The van der Waals surface area contributed by atoms with Gasteiger partial charge in [0.1, 0.15) is 0 Å². The number of hydrogen-bond donors (Lipinski definition) is 1. The number of aromatic hydroxyl groups is 1. The molecule has 4 aromatic rings. The van der Waals surface area contributed by atoms with Crippen LogP contribution in [0, 0.1) is 5.82 Å². The van der Waals surface area contributed by atoms with Crippen LogP contribution < -0.4 is 4.90 Å². The van der Waals surface area contributed by atoms with Gasteiger partial charge in [0.2, 0.25) is 0 Å². The van der Waals surface area contributed by atoms with E-state index in [-0.39, 0.29) is 5.75 Å². The molecule has 170 valence electrons. The van der Waals surface area contributed by atoms with Gasteiger partial charge in [-0.1, -0.05) is 47.5 Å². The van der Waals surface area contributed by atoms with E-state index in [1.807, 2.05) is 60.3 Å². The lowest BCUT2D eigenvalue weighted by atomic mass is 10.00. The maximum atomic E-state index is 14.0. The van der Waals surface area contributed by atoms with Crippen LogP contribution in [0.15, 0.2) is 72.9 Å². The smallest absolute Gasteiger partial charge is 0.165 e. The SMILES string of the molecule is CN(C)CN(c1ccccc1)c1c(CS(=O)[O-])cnc2ccc(-c3cccc(F)c3O)cc12. The van der Waals surface area contributed by atoms with Crippen LogP contribution >= 0.6 is 0 Å². The first kappa shape index (κ1) is 22.8. The summed E-state index contributed by atoms with van der Waals surface area (Å²) in [6.07, 6.45) is 1.58. The van der Waals surface area contributed by atoms with Crippen molar-refractivity contribution in [1.82, 2.24) is 9.88 Å². The number of phenolic OH excluding ortho intramolecular Hbond substituents is 1. The minimum atomic E-state index is -2.32. The van der Waals surface area contributed by atoms with Crippen molar-refractivity contribution in [3.8, 4) is 16.9 Å². The Balaban J connectivity index is 2.01. The summed E-state index contributed by atoms with van der Waals surface area (Å²) in [6.45, 7) is 0.483. The lowest BCUT2D eigenvalue weighted by molar-refractivity contribution is 0.418. The first-order chi connectivity index (χ1) is 15.8. The summed E-state index contributed by atoms with van der Waals surface area (Å²) < 4.78 is 37.4. The number of rotatable bonds is 7. The van der Waals surface area contributed by atoms with Crippen molar-refractivity contribution in [3.63, 3.8) is 0 Å². The van der Waals surface area contributed by atoms with E-state index in [0.717, 1.165) is 5.69 Å². The van der Waals surface area contributed by atoms with E-state index >= 15 is 0 Å². The number of para-hydroxylation sites is 2. The monoisotopic (exact) mass is 464 g/mol. The second-order valence-corrected chi connectivity index (χ2v) is 8.83. The van der Waals surface area contributed by atoms with Crippen LogP contribution in [0.2, 0.25) is 0 Å². The highest BCUT2D eigenvalue weighted by Gasteiger charge is 2.20. The Bertz CT molecular complexity index is 1320. The summed E-state index contributed by atoms with van der Waals surface area (Å²) in [6, 6.07) is 19.4. The summed E-state index contributed by atoms with van der Waals surface area (Å²) in [7, 11) is 3.86. The second kappa shape index (κ2) is 9.66. The van der Waals surface area contributed by atoms with Crippen LogP contribution in [0.4, 0.5) is 15.8 Å². The molecule has 0 aliphatic heterocycles. The highest BCUT2D eigenvalue weighted by molar-refractivity contribution is 7.78. The van der Waals surface area contributed by atoms with Crippen molar-refractivity contribution in [2.45, 2.75) is 5.75 Å². The minimum absolute atomic E-state index is 0.204. The molecule has 0 saturated heterocycles. The Hall–Kier alpha value is -3.33. The molecule has 1 aromatic heterocycles. The lowest BCUT2D eigenvalue weighted by Crippen LogP contribution is -2.30. The predicted octanol–water partition coefficient (Wildman–Crippen LogP) is 4.78. The number of fused-ring (bicyclic) bond motifs is 1. The van der Waals surface area contributed by atoms with E-state index < -0.39 is 22.6 Å².